The minimum absolute atomic E-state index is 0.00234. The molecule has 0 radical (unpaired) electrons. The fraction of sp³-hybridized carbons (Fsp3) is 0.660. The fourth-order valence-electron chi connectivity index (χ4n) is 6.99. The van der Waals surface area contributed by atoms with Gasteiger partial charge in [0, 0.05) is 77.7 Å². The summed E-state index contributed by atoms with van der Waals surface area (Å²) in [6.45, 7) is 12.8. The predicted octanol–water partition coefficient (Wildman–Crippen LogP) is 3.19. The smallest absolute Gasteiger partial charge is 0.410 e. The summed E-state index contributed by atoms with van der Waals surface area (Å²) in [5.41, 5.74) is 5.77. The van der Waals surface area contributed by atoms with Crippen molar-refractivity contribution in [3.63, 3.8) is 0 Å². The second-order valence-electron chi connectivity index (χ2n) is 18.7. The van der Waals surface area contributed by atoms with Crippen molar-refractivity contribution in [3.8, 4) is 0 Å². The summed E-state index contributed by atoms with van der Waals surface area (Å²) >= 11 is 0. The van der Waals surface area contributed by atoms with Gasteiger partial charge in [0.25, 0.3) is 0 Å². The van der Waals surface area contributed by atoms with E-state index in [4.69, 9.17) is 19.9 Å². The van der Waals surface area contributed by atoms with Gasteiger partial charge in [0.15, 0.2) is 11.6 Å². The first kappa shape index (κ1) is 58.0. The highest BCUT2D eigenvalue weighted by molar-refractivity contribution is 6.03. The molecule has 8 amide bonds. The number of ether oxygens (including phenoxy) is 3. The Morgan fingerprint density at radius 3 is 2.00 bits per heavy atom. The van der Waals surface area contributed by atoms with Gasteiger partial charge in [0.2, 0.25) is 23.6 Å². The van der Waals surface area contributed by atoms with Gasteiger partial charge in [-0.3, -0.25) is 38.5 Å². The van der Waals surface area contributed by atoms with Crippen LogP contribution in [0.25, 0.3) is 0 Å². The molecule has 1 aliphatic rings. The molecule has 1 aromatic carbocycles. The van der Waals surface area contributed by atoms with E-state index in [1.807, 2.05) is 13.8 Å². The zero-order valence-electron chi connectivity index (χ0n) is 41.1. The van der Waals surface area contributed by atoms with Crippen LogP contribution in [-0.2, 0) is 60.8 Å². The third kappa shape index (κ3) is 21.2. The Morgan fingerprint density at radius 2 is 1.44 bits per heavy atom. The average Bonchev–Trinajstić information content (AvgIpc) is 3.54. The van der Waals surface area contributed by atoms with E-state index in [1.54, 1.807) is 65.9 Å². The molecule has 1 fully saturated rings. The number of carbonyl (C=O) groups is 10. The summed E-state index contributed by atoms with van der Waals surface area (Å²) < 4.78 is 16.2. The molecule has 1 aromatic rings. The maximum Gasteiger partial charge on any atom is 0.410 e. The topological polar surface area (TPSA) is 290 Å². The number of imide groups is 1. The number of rotatable bonds is 29. The van der Waals surface area contributed by atoms with Crippen LogP contribution in [0.1, 0.15) is 105 Å². The number of likely N-dealkylation sites (N-methyl/N-ethyl adjacent to an activating group) is 2. The van der Waals surface area contributed by atoms with Gasteiger partial charge in [0.1, 0.15) is 12.2 Å². The largest absolute Gasteiger partial charge is 0.481 e. The number of nitrogens with zero attached hydrogens (tertiary/aromatic N) is 3. The molecule has 21 heteroatoms. The maximum atomic E-state index is 13.9. The number of nitrogens with one attached hydrogen (secondary N) is 3. The summed E-state index contributed by atoms with van der Waals surface area (Å²) in [7, 11) is 3.10. The quantitative estimate of drug-likeness (QED) is 0.0570. The summed E-state index contributed by atoms with van der Waals surface area (Å²) in [5.74, 6) is -5.69. The van der Waals surface area contributed by atoms with Crippen LogP contribution < -0.4 is 21.7 Å². The lowest BCUT2D eigenvalue weighted by molar-refractivity contribution is -0.141. The molecule has 4 atom stereocenters. The molecule has 1 saturated heterocycles. The number of hydrogen-bond donors (Lipinski definition) is 5. The number of carbonyl (C=O) groups excluding carboxylic acids is 9. The highest BCUT2D eigenvalue weighted by Gasteiger charge is 2.40. The van der Waals surface area contributed by atoms with E-state index in [-0.39, 0.29) is 120 Å². The van der Waals surface area contributed by atoms with E-state index in [9.17, 15) is 53.1 Å². The molecular weight excluding hydrogens is 887 g/mol. The first-order chi connectivity index (χ1) is 31.8. The molecule has 6 N–H and O–H groups in total. The minimum atomic E-state index is -1.25. The van der Waals surface area contributed by atoms with Crippen molar-refractivity contribution in [1.82, 2.24) is 30.7 Å². The predicted molar refractivity (Wildman–Crippen MR) is 247 cm³/mol. The number of nitrogens with two attached hydrogens (primary N) is 1. The number of primary amides is 1. The number of urea groups is 1. The third-order valence-electron chi connectivity index (χ3n) is 11.2. The lowest BCUT2D eigenvalue weighted by atomic mass is 9.86. The van der Waals surface area contributed by atoms with E-state index in [0.717, 1.165) is 4.90 Å². The van der Waals surface area contributed by atoms with Crippen LogP contribution >= 0.6 is 0 Å². The van der Waals surface area contributed by atoms with Gasteiger partial charge < -0.3 is 50.8 Å². The second kappa shape index (κ2) is 28.3. The number of likely N-dealkylation sites (tertiary alicyclic amines) is 1. The zero-order chi connectivity index (χ0) is 51.3. The lowest BCUT2D eigenvalue weighted by Gasteiger charge is -2.26. The first-order valence-corrected chi connectivity index (χ1v) is 23.0. The van der Waals surface area contributed by atoms with Crippen LogP contribution in [0.4, 0.5) is 14.4 Å². The molecule has 0 bridgehead atoms. The van der Waals surface area contributed by atoms with Gasteiger partial charge >= 0.3 is 24.2 Å². The normalized spacial score (nSPS) is 15.0. The van der Waals surface area contributed by atoms with E-state index < -0.39 is 77.7 Å². The van der Waals surface area contributed by atoms with E-state index in [1.165, 1.54) is 16.8 Å². The number of aliphatic carboxylic acids is 1. The van der Waals surface area contributed by atoms with Crippen molar-refractivity contribution >= 4 is 59.4 Å². The Bertz CT molecular complexity index is 1920. The Labute approximate surface area is 398 Å². The third-order valence-corrected chi connectivity index (χ3v) is 11.2. The molecule has 380 valence electrons. The van der Waals surface area contributed by atoms with Crippen molar-refractivity contribution in [2.24, 2.45) is 29.4 Å². The standard InChI is InChI=1S/C47H73N7O14/c1-29(2)33(26-38(56)36(16-17-41(59)60)50-39(57)18-23-66-24-22-54-40(58)27-34(30(3)4)43(54)62)42(61)51-35(11-10-19-49-44(48)63)37(55)25-31-12-14-32(15-13-31)28-67-45(64)52(8)20-21-53(9)46(65)68-47(5,6)7/h12-15,29-30,33-36H,10-11,16-28H2,1-9H3,(H,50,57)(H,51,61)(H,59,60)(H3,48,49,63)/t33-,34?,35-,36-/m0/s1. The average molecular weight is 960 g/mol. The van der Waals surface area contributed by atoms with Crippen LogP contribution in [-0.4, -0.2) is 150 Å². The Hall–Kier alpha value is -6.12. The van der Waals surface area contributed by atoms with E-state index >= 15 is 0 Å². The van der Waals surface area contributed by atoms with Gasteiger partial charge in [-0.15, -0.1) is 0 Å². The fourth-order valence-corrected chi connectivity index (χ4v) is 6.99. The summed E-state index contributed by atoms with van der Waals surface area (Å²) in [4.78, 5) is 131. The number of benzene rings is 1. The second-order valence-corrected chi connectivity index (χ2v) is 18.7. The molecule has 21 nitrogen and oxygen atoms in total. The Kier molecular flexibility index (Phi) is 24.1. The zero-order valence-corrected chi connectivity index (χ0v) is 41.1. The molecule has 1 unspecified atom stereocenters. The summed E-state index contributed by atoms with van der Waals surface area (Å²) in [6.07, 6.45) is -2.00. The van der Waals surface area contributed by atoms with Crippen molar-refractivity contribution in [3.05, 3.63) is 35.4 Å². The molecule has 68 heavy (non-hydrogen) atoms. The van der Waals surface area contributed by atoms with Crippen molar-refractivity contribution in [2.75, 3.05) is 53.5 Å². The van der Waals surface area contributed by atoms with Gasteiger partial charge in [-0.1, -0.05) is 52.0 Å². The van der Waals surface area contributed by atoms with Crippen LogP contribution in [0.3, 0.4) is 0 Å². The molecule has 0 spiro atoms. The Balaban J connectivity index is 2.04. The Morgan fingerprint density at radius 1 is 0.838 bits per heavy atom. The minimum Gasteiger partial charge on any atom is -0.481 e. The first-order valence-electron chi connectivity index (χ1n) is 23.0. The number of Topliss-reactive ketones (excluding diaryl/α,β-unsaturated/α-hetero) is 2. The van der Waals surface area contributed by atoms with Crippen LogP contribution in [0, 0.1) is 23.7 Å². The number of ketones is 2. The highest BCUT2D eigenvalue weighted by atomic mass is 16.6. The van der Waals surface area contributed by atoms with Gasteiger partial charge in [-0.25, -0.2) is 14.4 Å². The van der Waals surface area contributed by atoms with Crippen LogP contribution in [0.5, 0.6) is 0 Å². The molecule has 1 aliphatic heterocycles. The molecule has 1 heterocycles. The van der Waals surface area contributed by atoms with Gasteiger partial charge in [0.05, 0.1) is 31.8 Å². The molecule has 2 rings (SSSR count). The van der Waals surface area contributed by atoms with Gasteiger partial charge in [-0.2, -0.15) is 0 Å². The van der Waals surface area contributed by atoms with Crippen molar-refractivity contribution < 1.29 is 67.3 Å². The highest BCUT2D eigenvalue weighted by Crippen LogP contribution is 2.26. The van der Waals surface area contributed by atoms with E-state index in [0.29, 0.717) is 11.1 Å². The number of carboxylic acid groups (broad SMARTS) is 1. The molecular formula is C47H73N7O14. The van der Waals surface area contributed by atoms with Crippen molar-refractivity contribution in [2.45, 2.75) is 124 Å². The molecule has 0 aliphatic carbocycles. The maximum absolute atomic E-state index is 13.9. The number of carboxylic acids is 1. The monoisotopic (exact) mass is 960 g/mol. The SMILES string of the molecule is CC(C)C1CC(=O)N(CCOCCC(=O)N[C@@H](CCC(=O)O)C(=O)C[C@H](C(=O)N[C@@H](CCCNC(N)=O)C(=O)Cc2ccc(COC(=O)N(C)CCN(C)C(=O)OC(C)(C)C)cc2)C(C)C)C1=O. The molecule has 0 saturated carbocycles. The number of hydrogen-bond acceptors (Lipinski definition) is 13. The van der Waals surface area contributed by atoms with E-state index in [2.05, 4.69) is 16.0 Å². The lowest BCUT2D eigenvalue weighted by Crippen LogP contribution is -2.48. The number of amides is 8. The van der Waals surface area contributed by atoms with Crippen LogP contribution in [0.2, 0.25) is 0 Å². The summed E-state index contributed by atoms with van der Waals surface area (Å²) in [5, 5.41) is 17.2. The van der Waals surface area contributed by atoms with Crippen LogP contribution in [0.15, 0.2) is 24.3 Å². The molecule has 0 aromatic heterocycles. The summed E-state index contributed by atoms with van der Waals surface area (Å²) in [6, 6.07) is 3.69. The van der Waals surface area contributed by atoms with Crippen molar-refractivity contribution in [1.29, 1.82) is 0 Å². The van der Waals surface area contributed by atoms with Gasteiger partial charge in [-0.05, 0) is 63.0 Å².